The second kappa shape index (κ2) is 6.02. The van der Waals surface area contributed by atoms with Gasteiger partial charge in [-0.25, -0.2) is 0 Å². The molecule has 0 radical (unpaired) electrons. The van der Waals surface area contributed by atoms with Crippen molar-refractivity contribution in [2.45, 2.75) is 6.04 Å². The molecule has 0 saturated heterocycles. The van der Waals surface area contributed by atoms with Crippen LogP contribution in [0.3, 0.4) is 0 Å². The van der Waals surface area contributed by atoms with Crippen LogP contribution >= 0.6 is 0 Å². The summed E-state index contributed by atoms with van der Waals surface area (Å²) in [5.41, 5.74) is 0.839. The lowest BCUT2D eigenvalue weighted by Crippen LogP contribution is -2.23. The van der Waals surface area contributed by atoms with E-state index < -0.39 is 0 Å². The molecule has 15 heavy (non-hydrogen) atoms. The molecule has 80 valence electrons. The molecule has 4 heteroatoms. The van der Waals surface area contributed by atoms with Crippen molar-refractivity contribution in [1.82, 2.24) is 5.32 Å². The van der Waals surface area contributed by atoms with Gasteiger partial charge in [0.25, 0.3) is 0 Å². The third-order valence-corrected chi connectivity index (χ3v) is 2.01. The monoisotopic (exact) mass is 206 g/mol. The molecular formula is C11H14N2O2. The van der Waals surface area contributed by atoms with E-state index in [0.29, 0.717) is 13.2 Å². The summed E-state index contributed by atoms with van der Waals surface area (Å²) in [6.07, 6.45) is 0. The molecule has 2 N–H and O–H groups in total. The quantitative estimate of drug-likeness (QED) is 0.710. The Kier molecular flexibility index (Phi) is 4.61. The summed E-state index contributed by atoms with van der Waals surface area (Å²) in [6, 6.07) is 8.37. The van der Waals surface area contributed by atoms with E-state index in [4.69, 9.17) is 15.1 Å². The standard InChI is InChI=1S/C11H14N2O2/c1-15-7-6-13-11(8-12)9-2-4-10(14)5-3-9/h2-5,11,13-14H,6-7H2,1H3. The van der Waals surface area contributed by atoms with Gasteiger partial charge in [0.2, 0.25) is 0 Å². The van der Waals surface area contributed by atoms with Crippen LogP contribution in [0.2, 0.25) is 0 Å². The van der Waals surface area contributed by atoms with Crippen molar-refractivity contribution in [3.8, 4) is 11.8 Å². The maximum Gasteiger partial charge on any atom is 0.121 e. The predicted octanol–water partition coefficient (Wildman–Crippen LogP) is 1.19. The zero-order valence-corrected chi connectivity index (χ0v) is 8.60. The molecule has 0 bridgehead atoms. The van der Waals surface area contributed by atoms with Gasteiger partial charge in [-0.2, -0.15) is 5.26 Å². The summed E-state index contributed by atoms with van der Waals surface area (Å²) in [4.78, 5) is 0. The van der Waals surface area contributed by atoms with Gasteiger partial charge in [-0.3, -0.25) is 5.32 Å². The smallest absolute Gasteiger partial charge is 0.121 e. The maximum absolute atomic E-state index is 9.10. The summed E-state index contributed by atoms with van der Waals surface area (Å²) >= 11 is 0. The molecule has 0 aromatic heterocycles. The van der Waals surface area contributed by atoms with Crippen LogP contribution in [0.5, 0.6) is 5.75 Å². The predicted molar refractivity (Wildman–Crippen MR) is 56.3 cm³/mol. The van der Waals surface area contributed by atoms with Gasteiger partial charge in [0.05, 0.1) is 12.7 Å². The number of rotatable bonds is 5. The molecule has 1 unspecified atom stereocenters. The second-order valence-corrected chi connectivity index (χ2v) is 3.10. The minimum Gasteiger partial charge on any atom is -0.508 e. The molecule has 0 heterocycles. The number of nitrogens with zero attached hydrogens (tertiary/aromatic N) is 1. The minimum atomic E-state index is -0.360. The SMILES string of the molecule is COCCNC(C#N)c1ccc(O)cc1. The highest BCUT2D eigenvalue weighted by Crippen LogP contribution is 2.15. The normalized spacial score (nSPS) is 12.0. The first kappa shape index (κ1) is 11.5. The van der Waals surface area contributed by atoms with Crippen LogP contribution in [0.15, 0.2) is 24.3 Å². The fourth-order valence-electron chi connectivity index (χ4n) is 1.21. The van der Waals surface area contributed by atoms with E-state index >= 15 is 0 Å². The van der Waals surface area contributed by atoms with Gasteiger partial charge >= 0.3 is 0 Å². The summed E-state index contributed by atoms with van der Waals surface area (Å²) in [5.74, 6) is 0.201. The van der Waals surface area contributed by atoms with Gasteiger partial charge in [-0.1, -0.05) is 12.1 Å². The Morgan fingerprint density at radius 3 is 2.67 bits per heavy atom. The Morgan fingerprint density at radius 1 is 1.47 bits per heavy atom. The van der Waals surface area contributed by atoms with Crippen molar-refractivity contribution in [2.24, 2.45) is 0 Å². The van der Waals surface area contributed by atoms with Crippen LogP contribution in [-0.2, 0) is 4.74 Å². The highest BCUT2D eigenvalue weighted by molar-refractivity contribution is 5.30. The van der Waals surface area contributed by atoms with Crippen molar-refractivity contribution in [1.29, 1.82) is 5.26 Å². The van der Waals surface area contributed by atoms with E-state index in [2.05, 4.69) is 11.4 Å². The van der Waals surface area contributed by atoms with Crippen LogP contribution in [0.4, 0.5) is 0 Å². The van der Waals surface area contributed by atoms with Crippen LogP contribution in [0.1, 0.15) is 11.6 Å². The van der Waals surface area contributed by atoms with E-state index in [9.17, 15) is 0 Å². The van der Waals surface area contributed by atoms with Crippen molar-refractivity contribution >= 4 is 0 Å². The molecule has 0 spiro atoms. The number of benzene rings is 1. The first-order valence-electron chi connectivity index (χ1n) is 4.69. The fraction of sp³-hybridized carbons (Fsp3) is 0.364. The van der Waals surface area contributed by atoms with Crippen LogP contribution < -0.4 is 5.32 Å². The number of methoxy groups -OCH3 is 1. The van der Waals surface area contributed by atoms with E-state index in [0.717, 1.165) is 5.56 Å². The third-order valence-electron chi connectivity index (χ3n) is 2.01. The largest absolute Gasteiger partial charge is 0.508 e. The topological polar surface area (TPSA) is 65.3 Å². The molecule has 1 aromatic carbocycles. The highest BCUT2D eigenvalue weighted by atomic mass is 16.5. The van der Waals surface area contributed by atoms with Crippen molar-refractivity contribution in [2.75, 3.05) is 20.3 Å². The summed E-state index contributed by atoms with van der Waals surface area (Å²) in [5, 5.41) is 21.1. The van der Waals surface area contributed by atoms with Crippen molar-refractivity contribution < 1.29 is 9.84 Å². The third kappa shape index (κ3) is 3.58. The van der Waals surface area contributed by atoms with E-state index in [1.165, 1.54) is 0 Å². The molecule has 1 aromatic rings. The average molecular weight is 206 g/mol. The van der Waals surface area contributed by atoms with E-state index in [-0.39, 0.29) is 11.8 Å². The Balaban J connectivity index is 2.59. The number of hydrogen-bond donors (Lipinski definition) is 2. The Hall–Kier alpha value is -1.57. The number of phenolic OH excluding ortho intramolecular Hbond substituents is 1. The lowest BCUT2D eigenvalue weighted by molar-refractivity contribution is 0.198. The van der Waals surface area contributed by atoms with Crippen LogP contribution in [-0.4, -0.2) is 25.4 Å². The van der Waals surface area contributed by atoms with Gasteiger partial charge in [0.1, 0.15) is 11.8 Å². The maximum atomic E-state index is 9.10. The summed E-state index contributed by atoms with van der Waals surface area (Å²) in [7, 11) is 1.61. The zero-order chi connectivity index (χ0) is 11.1. The van der Waals surface area contributed by atoms with E-state index in [1.807, 2.05) is 0 Å². The van der Waals surface area contributed by atoms with Gasteiger partial charge < -0.3 is 9.84 Å². The Labute approximate surface area is 89.1 Å². The lowest BCUT2D eigenvalue weighted by Gasteiger charge is -2.11. The number of ether oxygens (including phenoxy) is 1. The number of nitrogens with one attached hydrogen (secondary N) is 1. The molecule has 1 rings (SSSR count). The summed E-state index contributed by atoms with van der Waals surface area (Å²) in [6.45, 7) is 1.19. The zero-order valence-electron chi connectivity index (χ0n) is 8.60. The van der Waals surface area contributed by atoms with E-state index in [1.54, 1.807) is 31.4 Å². The molecule has 4 nitrogen and oxygen atoms in total. The van der Waals surface area contributed by atoms with Gasteiger partial charge in [0, 0.05) is 13.7 Å². The van der Waals surface area contributed by atoms with Crippen molar-refractivity contribution in [3.63, 3.8) is 0 Å². The molecular weight excluding hydrogens is 192 g/mol. The molecule has 0 aliphatic heterocycles. The average Bonchev–Trinajstić information content (AvgIpc) is 2.26. The highest BCUT2D eigenvalue weighted by Gasteiger charge is 2.08. The number of phenols is 1. The first-order chi connectivity index (χ1) is 7.27. The number of nitriles is 1. The number of hydrogen-bond acceptors (Lipinski definition) is 4. The minimum absolute atomic E-state index is 0.201. The van der Waals surface area contributed by atoms with Gasteiger partial charge in [0.15, 0.2) is 0 Å². The Morgan fingerprint density at radius 2 is 2.13 bits per heavy atom. The summed E-state index contributed by atoms with van der Waals surface area (Å²) < 4.78 is 4.88. The lowest BCUT2D eigenvalue weighted by atomic mass is 10.1. The fourth-order valence-corrected chi connectivity index (χ4v) is 1.21. The molecule has 0 saturated carbocycles. The first-order valence-corrected chi connectivity index (χ1v) is 4.69. The van der Waals surface area contributed by atoms with Gasteiger partial charge in [-0.05, 0) is 17.7 Å². The molecule has 0 aliphatic carbocycles. The molecule has 0 amide bonds. The van der Waals surface area contributed by atoms with Crippen molar-refractivity contribution in [3.05, 3.63) is 29.8 Å². The number of aromatic hydroxyl groups is 1. The van der Waals surface area contributed by atoms with Crippen LogP contribution in [0.25, 0.3) is 0 Å². The molecule has 0 fully saturated rings. The van der Waals surface area contributed by atoms with Crippen LogP contribution in [0, 0.1) is 11.3 Å². The Bertz CT molecular complexity index is 329. The molecule has 1 atom stereocenters. The molecule has 0 aliphatic rings. The second-order valence-electron chi connectivity index (χ2n) is 3.10. The van der Waals surface area contributed by atoms with Gasteiger partial charge in [-0.15, -0.1) is 0 Å².